The van der Waals surface area contributed by atoms with Crippen LogP contribution in [0.25, 0.3) is 0 Å². The summed E-state index contributed by atoms with van der Waals surface area (Å²) in [5.74, 6) is 13.8. The molecule has 0 amide bonds. The minimum absolute atomic E-state index is 0.107. The highest BCUT2D eigenvalue weighted by atomic mass is 16.2. The van der Waals surface area contributed by atoms with Crippen molar-refractivity contribution in [3.63, 3.8) is 0 Å². The van der Waals surface area contributed by atoms with Crippen LogP contribution >= 0.6 is 0 Å². The summed E-state index contributed by atoms with van der Waals surface area (Å²) in [5, 5.41) is 0. The van der Waals surface area contributed by atoms with Crippen LogP contribution in [0.2, 0.25) is 0 Å². The van der Waals surface area contributed by atoms with E-state index in [0.29, 0.717) is 186 Å². The fourth-order valence-corrected chi connectivity index (χ4v) is 10.5. The Hall–Kier alpha value is -3.63. The lowest BCUT2D eigenvalue weighted by Gasteiger charge is -2.05. The third-order valence-corrected chi connectivity index (χ3v) is 15.9. The van der Waals surface area contributed by atoms with Gasteiger partial charge in [0.1, 0.15) is 63.6 Å². The molecule has 0 radical (unpaired) electrons. The van der Waals surface area contributed by atoms with Crippen LogP contribution in [-0.4, -0.2) is 63.6 Å². The molecule has 0 atom stereocenters. The Morgan fingerprint density at radius 3 is 0.411 bits per heavy atom. The molecule has 0 saturated carbocycles. The second-order valence-corrected chi connectivity index (χ2v) is 38.6. The first-order valence-electron chi connectivity index (χ1n) is 43.7. The van der Waals surface area contributed by atoms with E-state index in [4.69, 9.17) is 0 Å². The summed E-state index contributed by atoms with van der Waals surface area (Å²) in [4.78, 5) is 123. The van der Waals surface area contributed by atoms with Crippen molar-refractivity contribution in [2.24, 2.45) is 107 Å². The predicted molar refractivity (Wildman–Crippen MR) is 465 cm³/mol. The molecule has 0 aliphatic carbocycles. The van der Waals surface area contributed by atoms with Crippen LogP contribution in [0.4, 0.5) is 0 Å². The largest absolute Gasteiger partial charge is 0.300 e. The smallest absolute Gasteiger partial charge is 0.135 e. The van der Waals surface area contributed by atoms with Crippen molar-refractivity contribution in [1.82, 2.24) is 0 Å². The minimum atomic E-state index is 0.107. The molecule has 11 heteroatoms. The van der Waals surface area contributed by atoms with Crippen LogP contribution in [0.5, 0.6) is 0 Å². The third kappa shape index (κ3) is 132. The molecule has 0 bridgehead atoms. The van der Waals surface area contributed by atoms with Gasteiger partial charge in [-0.25, -0.2) is 0 Å². The van der Waals surface area contributed by atoms with Gasteiger partial charge in [0.15, 0.2) is 0 Å². The molecule has 0 aromatic carbocycles. The molecular formula is C96H188O11. The van der Waals surface area contributed by atoms with Gasteiger partial charge in [0.25, 0.3) is 0 Å². The lowest BCUT2D eigenvalue weighted by atomic mass is 9.99. The number of rotatable bonds is 51. The highest BCUT2D eigenvalue weighted by molar-refractivity contribution is 5.83. The summed E-state index contributed by atoms with van der Waals surface area (Å²) < 4.78 is 0. The number of ketones is 11. The molecule has 0 aromatic heterocycles. The normalized spacial score (nSPS) is 11.1. The molecule has 638 valence electrons. The van der Waals surface area contributed by atoms with E-state index >= 15 is 0 Å². The first-order chi connectivity index (χ1) is 49.0. The number of hydrogen-bond donors (Lipinski definition) is 0. The van der Waals surface area contributed by atoms with Gasteiger partial charge in [0, 0.05) is 141 Å². The number of carbonyl (C=O) groups excluding carboxylic acids is 11. The summed E-state index contributed by atoms with van der Waals surface area (Å²) >= 11 is 0. The molecule has 0 aromatic rings. The second-order valence-electron chi connectivity index (χ2n) is 38.6. The molecule has 0 unspecified atom stereocenters. The fraction of sp³-hybridized carbons (Fsp3) is 0.885. The zero-order valence-electron chi connectivity index (χ0n) is 78.3. The Kier molecular flexibility index (Phi) is 91.4. The van der Waals surface area contributed by atoms with E-state index in [-0.39, 0.29) is 17.5 Å². The third-order valence-electron chi connectivity index (χ3n) is 15.9. The average Bonchev–Trinajstić information content (AvgIpc) is 1.04. The van der Waals surface area contributed by atoms with Crippen molar-refractivity contribution < 1.29 is 52.7 Å². The van der Waals surface area contributed by atoms with Crippen molar-refractivity contribution in [2.75, 3.05) is 0 Å². The quantitative estimate of drug-likeness (QED) is 0.0564. The van der Waals surface area contributed by atoms with Crippen LogP contribution in [0.1, 0.15) is 448 Å². The Balaban J connectivity index is -0.000000145. The van der Waals surface area contributed by atoms with Gasteiger partial charge in [-0.1, -0.05) is 262 Å². The van der Waals surface area contributed by atoms with Crippen molar-refractivity contribution in [3.8, 4) is 0 Å². The van der Waals surface area contributed by atoms with Gasteiger partial charge in [0.05, 0.1) is 0 Å². The van der Waals surface area contributed by atoms with Gasteiger partial charge < -0.3 is 0 Å². The fourth-order valence-electron chi connectivity index (χ4n) is 10.5. The highest BCUT2D eigenvalue weighted by Crippen LogP contribution is 2.17. The SMILES string of the molecule is CC(C)CC(=O)CC(C)C.CC(C)CC(=O)CCCC(=O)C(C)C.CC(C)CC(=O)CCCC(=O)CC(C)C.CC(C)CCC(=O)CC(C)C.CC(C)CCC(=O)CC(C)C.CC(C)CCC(=O)CC(C)C.CC(C)CCC(=O)CC(C)C.CC(C)CCCC(=O)CC(C)C.CC(C)CCCC(=O)CC(C)C. The predicted octanol–water partition coefficient (Wildman–Crippen LogP) is 28.0. The lowest BCUT2D eigenvalue weighted by Crippen LogP contribution is -2.08. The topological polar surface area (TPSA) is 188 Å². The van der Waals surface area contributed by atoms with Gasteiger partial charge in [-0.2, -0.15) is 0 Å². The molecule has 0 N–H and O–H groups in total. The zero-order valence-corrected chi connectivity index (χ0v) is 78.3. The van der Waals surface area contributed by atoms with Gasteiger partial charge >= 0.3 is 0 Å². The van der Waals surface area contributed by atoms with Gasteiger partial charge in [-0.15, -0.1) is 0 Å². The van der Waals surface area contributed by atoms with Crippen molar-refractivity contribution in [2.45, 2.75) is 448 Å². The maximum Gasteiger partial charge on any atom is 0.135 e. The Labute approximate surface area is 667 Å². The molecule has 0 aliphatic heterocycles. The van der Waals surface area contributed by atoms with E-state index < -0.39 is 0 Å². The van der Waals surface area contributed by atoms with Crippen molar-refractivity contribution in [1.29, 1.82) is 0 Å². The molecule has 0 heterocycles. The van der Waals surface area contributed by atoms with E-state index in [1.807, 2.05) is 55.4 Å². The summed E-state index contributed by atoms with van der Waals surface area (Å²) in [6, 6.07) is 0. The van der Waals surface area contributed by atoms with E-state index in [0.717, 1.165) is 153 Å². The van der Waals surface area contributed by atoms with Crippen LogP contribution in [-0.2, 0) is 52.7 Å². The van der Waals surface area contributed by atoms with E-state index in [1.165, 1.54) is 12.8 Å². The van der Waals surface area contributed by atoms with Crippen LogP contribution in [0.15, 0.2) is 0 Å². The van der Waals surface area contributed by atoms with Crippen molar-refractivity contribution >= 4 is 63.6 Å². The zero-order chi connectivity index (χ0) is 85.7. The first-order valence-corrected chi connectivity index (χ1v) is 43.7. The maximum absolute atomic E-state index is 11.3. The molecule has 11 nitrogen and oxygen atoms in total. The molecule has 0 aliphatic rings. The summed E-state index contributed by atoms with van der Waals surface area (Å²) in [6.45, 7) is 75.5. The molecular weight excluding hydrogens is 1330 g/mol. The Morgan fingerprint density at radius 2 is 0.271 bits per heavy atom. The number of carbonyl (C=O) groups is 11. The van der Waals surface area contributed by atoms with Gasteiger partial charge in [-0.3, -0.25) is 52.7 Å². The van der Waals surface area contributed by atoms with Crippen LogP contribution in [0.3, 0.4) is 0 Å². The molecule has 0 rings (SSSR count). The molecule has 0 fully saturated rings. The van der Waals surface area contributed by atoms with E-state index in [2.05, 4.69) is 194 Å². The van der Waals surface area contributed by atoms with Crippen LogP contribution in [0, 0.1) is 107 Å². The minimum Gasteiger partial charge on any atom is -0.300 e. The van der Waals surface area contributed by atoms with Crippen molar-refractivity contribution in [3.05, 3.63) is 0 Å². The van der Waals surface area contributed by atoms with Gasteiger partial charge in [0.2, 0.25) is 0 Å². The van der Waals surface area contributed by atoms with E-state index in [9.17, 15) is 52.7 Å². The molecule has 107 heavy (non-hydrogen) atoms. The lowest BCUT2D eigenvalue weighted by molar-refractivity contribution is -0.123. The Bertz CT molecular complexity index is 1970. The monoisotopic (exact) mass is 1520 g/mol. The van der Waals surface area contributed by atoms with Gasteiger partial charge in [-0.05, 0) is 152 Å². The number of hydrogen-bond acceptors (Lipinski definition) is 11. The number of Topliss-reactive ketones (excluding diaryl/α,β-unsaturated/α-hetero) is 11. The summed E-state index contributed by atoms with van der Waals surface area (Å²) in [5.41, 5.74) is 0. The second kappa shape index (κ2) is 80.4. The standard InChI is InChI=1S/C13H24O2.C12H22O2.2C11H22O.4C10H20O.C9H18O/c1-10(2)8-12(14)6-5-7-13(15)9-11(3)4;1-9(2)8-11(13)6-5-7-12(14)10(3)4;2*1-9(2)6-5-7-11(12)8-10(3)4;4*1-8(2)5-6-10(11)7-9(3)4;1-7(2)5-9(10)6-8(3)4/h10-11H,5-9H2,1-4H3;9-10H,5-8H2,1-4H3;2*9-10H,5-8H2,1-4H3;4*8-9H,5-7H2,1-4H3;7-8H,5-6H2,1-4H3. The highest BCUT2D eigenvalue weighted by Gasteiger charge is 2.14. The first kappa shape index (κ1) is 122. The van der Waals surface area contributed by atoms with E-state index in [1.54, 1.807) is 0 Å². The molecule has 0 spiro atoms. The average molecular weight is 1520 g/mol. The Morgan fingerprint density at radius 1 is 0.140 bits per heavy atom. The summed E-state index contributed by atoms with van der Waals surface area (Å²) in [6.07, 6.45) is 25.1. The maximum atomic E-state index is 11.3. The summed E-state index contributed by atoms with van der Waals surface area (Å²) in [7, 11) is 0. The molecule has 0 saturated heterocycles. The van der Waals surface area contributed by atoms with Crippen LogP contribution < -0.4 is 0 Å².